The molecule has 1 saturated heterocycles. The predicted molar refractivity (Wildman–Crippen MR) is 180 cm³/mol. The fourth-order valence-corrected chi connectivity index (χ4v) is 5.81. The van der Waals surface area contributed by atoms with Crippen molar-refractivity contribution >= 4 is 34.9 Å². The van der Waals surface area contributed by atoms with E-state index in [1.807, 2.05) is 81.3 Å². The first-order valence-electron chi connectivity index (χ1n) is 16.0. The number of halogens is 1. The summed E-state index contributed by atoms with van der Waals surface area (Å²) in [6, 6.07) is 15.2. The number of fused-ring (bicyclic) bond motifs is 1. The van der Waals surface area contributed by atoms with Gasteiger partial charge in [-0.3, -0.25) is 9.89 Å². The lowest BCUT2D eigenvalue weighted by atomic mass is 10.0. The van der Waals surface area contributed by atoms with Gasteiger partial charge in [-0.2, -0.15) is 0 Å². The molecule has 3 aromatic rings. The van der Waals surface area contributed by atoms with Gasteiger partial charge in [0.2, 0.25) is 0 Å². The smallest absolute Gasteiger partial charge is 0.410 e. The maximum absolute atomic E-state index is 12.3. The van der Waals surface area contributed by atoms with Crippen LogP contribution in [0, 0.1) is 6.92 Å². The monoisotopic (exact) mass is 632 g/mol. The van der Waals surface area contributed by atoms with Gasteiger partial charge in [0, 0.05) is 63.0 Å². The second-order valence-corrected chi connectivity index (χ2v) is 13.2. The molecule has 0 spiro atoms. The zero-order valence-corrected chi connectivity index (χ0v) is 27.7. The van der Waals surface area contributed by atoms with Gasteiger partial charge in [-0.05, 0) is 77.4 Å². The number of amides is 1. The molecule has 1 aromatic heterocycles. The van der Waals surface area contributed by atoms with E-state index < -0.39 is 5.60 Å². The fraction of sp³-hybridized carbons (Fsp3) is 0.486. The average molecular weight is 633 g/mol. The van der Waals surface area contributed by atoms with Gasteiger partial charge in [0.1, 0.15) is 28.7 Å². The fourth-order valence-electron chi connectivity index (χ4n) is 5.63. The van der Waals surface area contributed by atoms with Gasteiger partial charge in [0.05, 0.1) is 17.0 Å². The number of benzene rings is 2. The van der Waals surface area contributed by atoms with Gasteiger partial charge in [-0.1, -0.05) is 36.6 Å². The third-order valence-electron chi connectivity index (χ3n) is 7.91. The lowest BCUT2D eigenvalue weighted by Crippen LogP contribution is -2.50. The maximum Gasteiger partial charge on any atom is 0.410 e. The van der Waals surface area contributed by atoms with Gasteiger partial charge in [-0.15, -0.1) is 0 Å². The molecular weight excluding hydrogens is 588 g/mol. The summed E-state index contributed by atoms with van der Waals surface area (Å²) in [7, 11) is 0. The normalized spacial score (nSPS) is 16.5. The molecule has 0 radical (unpaired) electrons. The Hall–Kier alpha value is -3.69. The van der Waals surface area contributed by atoms with Crippen LogP contribution in [0.25, 0.3) is 0 Å². The number of carbonyl (C=O) groups excluding carboxylic acids is 1. The molecule has 240 valence electrons. The Morgan fingerprint density at radius 1 is 0.933 bits per heavy atom. The van der Waals surface area contributed by atoms with Crippen molar-refractivity contribution in [3.05, 3.63) is 71.1 Å². The number of anilines is 1. The minimum absolute atomic E-state index is 0.200. The molecule has 9 nitrogen and oxygen atoms in total. The van der Waals surface area contributed by atoms with E-state index in [1.54, 1.807) is 6.07 Å². The molecule has 0 N–H and O–H groups in total. The Morgan fingerprint density at radius 3 is 2.38 bits per heavy atom. The third-order valence-corrected chi connectivity index (χ3v) is 8.14. The van der Waals surface area contributed by atoms with E-state index in [1.165, 1.54) is 19.3 Å². The van der Waals surface area contributed by atoms with Crippen molar-refractivity contribution in [2.45, 2.75) is 65.4 Å². The number of aromatic nitrogens is 2. The molecule has 2 aliphatic rings. The van der Waals surface area contributed by atoms with Crippen LogP contribution in [0.1, 0.15) is 64.3 Å². The lowest BCUT2D eigenvalue weighted by molar-refractivity contribution is 0.0144. The molecule has 0 unspecified atom stereocenters. The van der Waals surface area contributed by atoms with E-state index in [9.17, 15) is 4.79 Å². The third kappa shape index (κ3) is 9.65. The van der Waals surface area contributed by atoms with Crippen molar-refractivity contribution < 1.29 is 14.3 Å². The number of hydrogen-bond donors (Lipinski definition) is 0. The summed E-state index contributed by atoms with van der Waals surface area (Å²) in [5, 5.41) is 0.634. The van der Waals surface area contributed by atoms with Gasteiger partial charge in [-0.25, -0.2) is 14.8 Å². The second kappa shape index (κ2) is 15.1. The molecule has 0 bridgehead atoms. The van der Waals surface area contributed by atoms with E-state index >= 15 is 0 Å². The van der Waals surface area contributed by atoms with Crippen LogP contribution < -0.4 is 9.64 Å². The van der Waals surface area contributed by atoms with Gasteiger partial charge in [0.15, 0.2) is 0 Å². The summed E-state index contributed by atoms with van der Waals surface area (Å²) >= 11 is 6.12. The quantitative estimate of drug-likeness (QED) is 0.212. The molecule has 0 saturated carbocycles. The molecule has 1 fully saturated rings. The van der Waals surface area contributed by atoms with E-state index in [0.717, 1.165) is 87.3 Å². The highest BCUT2D eigenvalue weighted by Crippen LogP contribution is 2.30. The highest BCUT2D eigenvalue weighted by Gasteiger charge is 2.26. The van der Waals surface area contributed by atoms with E-state index in [0.29, 0.717) is 16.5 Å². The predicted octanol–water partition coefficient (Wildman–Crippen LogP) is 7.67. The topological polar surface area (TPSA) is 83.4 Å². The first kappa shape index (κ1) is 32.7. The number of hydrogen-bond acceptors (Lipinski definition) is 8. The molecule has 2 aliphatic heterocycles. The number of aryl methyl sites for hydroxylation is 1. The summed E-state index contributed by atoms with van der Waals surface area (Å²) in [5.74, 6) is 3.14. The number of nitrogens with zero attached hydrogens (tertiary/aromatic N) is 6. The number of rotatable bonds is 10. The van der Waals surface area contributed by atoms with E-state index in [-0.39, 0.29) is 6.09 Å². The van der Waals surface area contributed by atoms with Gasteiger partial charge < -0.3 is 19.3 Å². The number of unbranched alkanes of at least 4 members (excludes halogenated alkanes) is 3. The van der Waals surface area contributed by atoms with Crippen LogP contribution in [0.3, 0.4) is 0 Å². The molecule has 0 aliphatic carbocycles. The molecule has 3 heterocycles. The highest BCUT2D eigenvalue weighted by atomic mass is 35.5. The molecule has 0 atom stereocenters. The zero-order valence-electron chi connectivity index (χ0n) is 27.0. The van der Waals surface area contributed by atoms with Crippen LogP contribution >= 0.6 is 11.6 Å². The Bertz CT molecular complexity index is 1480. The summed E-state index contributed by atoms with van der Waals surface area (Å²) in [5.41, 5.74) is 2.37. The van der Waals surface area contributed by atoms with Crippen molar-refractivity contribution in [3.63, 3.8) is 0 Å². The van der Waals surface area contributed by atoms with Crippen LogP contribution in [0.15, 0.2) is 59.7 Å². The first-order valence-corrected chi connectivity index (χ1v) is 16.4. The standard InChI is InChI=1S/C35H45ClN6O3/c1-26-37-25-31-32(39-28-12-10-14-30(24-28)44-29-13-9-11-27(36)23-29)15-18-41(33(31)38-26)17-8-6-5-7-16-40-19-21-42(22-20-40)34(43)45-35(2,3)4/h9-14,23-25H,5-8,15-22H2,1-4H3. The van der Waals surface area contributed by atoms with Gasteiger partial charge >= 0.3 is 6.09 Å². The summed E-state index contributed by atoms with van der Waals surface area (Å²) < 4.78 is 11.5. The van der Waals surface area contributed by atoms with Crippen LogP contribution in [-0.4, -0.2) is 83.0 Å². The number of carbonyl (C=O) groups is 1. The van der Waals surface area contributed by atoms with E-state index in [4.69, 9.17) is 31.1 Å². The van der Waals surface area contributed by atoms with Gasteiger partial charge in [0.25, 0.3) is 0 Å². The average Bonchev–Trinajstić information content (AvgIpc) is 2.99. The van der Waals surface area contributed by atoms with Crippen molar-refractivity contribution in [2.75, 3.05) is 50.7 Å². The molecule has 2 aromatic carbocycles. The highest BCUT2D eigenvalue weighted by molar-refractivity contribution is 6.30. The lowest BCUT2D eigenvalue weighted by Gasteiger charge is -2.35. The van der Waals surface area contributed by atoms with Crippen LogP contribution in [0.2, 0.25) is 5.02 Å². The zero-order chi connectivity index (χ0) is 31.8. The molecule has 5 rings (SSSR count). The largest absolute Gasteiger partial charge is 0.457 e. The van der Waals surface area contributed by atoms with Crippen LogP contribution in [-0.2, 0) is 4.74 Å². The Kier molecular flexibility index (Phi) is 10.9. The number of piperazine rings is 1. The molecule has 10 heteroatoms. The van der Waals surface area contributed by atoms with Crippen molar-refractivity contribution in [1.29, 1.82) is 0 Å². The molecule has 1 amide bonds. The minimum atomic E-state index is -0.451. The first-order chi connectivity index (χ1) is 21.6. The van der Waals surface area contributed by atoms with E-state index in [2.05, 4.69) is 14.8 Å². The summed E-state index contributed by atoms with van der Waals surface area (Å²) in [6.07, 6.45) is 7.19. The van der Waals surface area contributed by atoms with Crippen molar-refractivity contribution in [2.24, 2.45) is 4.99 Å². The summed E-state index contributed by atoms with van der Waals surface area (Å²) in [4.78, 5) is 33.3. The molecule has 45 heavy (non-hydrogen) atoms. The Morgan fingerprint density at radius 2 is 1.64 bits per heavy atom. The van der Waals surface area contributed by atoms with Crippen LogP contribution in [0.5, 0.6) is 11.5 Å². The Balaban J connectivity index is 1.09. The maximum atomic E-state index is 12.3. The summed E-state index contributed by atoms with van der Waals surface area (Å²) in [6.45, 7) is 13.9. The van der Waals surface area contributed by atoms with Crippen molar-refractivity contribution in [1.82, 2.24) is 19.8 Å². The van der Waals surface area contributed by atoms with Crippen molar-refractivity contribution in [3.8, 4) is 11.5 Å². The Labute approximate surface area is 272 Å². The number of aliphatic imine (C=N–C) groups is 1. The van der Waals surface area contributed by atoms with Crippen LogP contribution in [0.4, 0.5) is 16.3 Å². The molecular formula is C35H45ClN6O3. The SMILES string of the molecule is Cc1ncc2c(n1)N(CCCCCCN1CCN(C(=O)OC(C)(C)C)CC1)CCC2=Nc1cccc(Oc2cccc(Cl)c2)c1. The number of ether oxygens (including phenoxy) is 2. The minimum Gasteiger partial charge on any atom is -0.457 e. The second-order valence-electron chi connectivity index (χ2n) is 12.7.